The van der Waals surface area contributed by atoms with Gasteiger partial charge in [-0.25, -0.2) is 0 Å². The van der Waals surface area contributed by atoms with Gasteiger partial charge in [-0.15, -0.1) is 0 Å². The number of nitrogens with one attached hydrogen (secondary N) is 2. The first-order valence-electron chi connectivity index (χ1n) is 7.51. The van der Waals surface area contributed by atoms with Crippen molar-refractivity contribution in [3.8, 4) is 0 Å². The van der Waals surface area contributed by atoms with Crippen LogP contribution in [0.15, 0.2) is 18.3 Å². The van der Waals surface area contributed by atoms with Crippen molar-refractivity contribution in [2.45, 2.75) is 39.0 Å². The van der Waals surface area contributed by atoms with E-state index in [9.17, 15) is 4.79 Å². The van der Waals surface area contributed by atoms with Crippen molar-refractivity contribution < 1.29 is 4.79 Å². The smallest absolute Gasteiger partial charge is 0.288 e. The maximum Gasteiger partial charge on any atom is 0.288 e. The average molecular weight is 306 g/mol. The molecule has 1 aliphatic rings. The van der Waals surface area contributed by atoms with Gasteiger partial charge in [-0.05, 0) is 37.8 Å². The number of thiocarbonyl (C=S) groups is 1. The summed E-state index contributed by atoms with van der Waals surface area (Å²) in [5, 5.41) is 0. The van der Waals surface area contributed by atoms with E-state index in [1.165, 1.54) is 12.8 Å². The molecule has 0 bridgehead atoms. The summed E-state index contributed by atoms with van der Waals surface area (Å²) in [5.74, 6) is -0.255. The molecule has 0 spiro atoms. The lowest BCUT2D eigenvalue weighted by molar-refractivity contribution is 0.0939. The molecule has 0 saturated carbocycles. The van der Waals surface area contributed by atoms with Gasteiger partial charge in [0.05, 0.1) is 4.99 Å². The number of carbonyl (C=O) groups excluding carboxylic acids is 1. The molecule has 0 atom stereocenters. The number of unbranched alkanes of at least 4 members (excludes halogenated alkanes) is 1. The number of aromatic nitrogens is 1. The fraction of sp³-hybridized carbons (Fsp3) is 0.533. The number of amides is 1. The van der Waals surface area contributed by atoms with Gasteiger partial charge in [-0.2, -0.15) is 0 Å². The molecular formula is C15H22N4OS. The van der Waals surface area contributed by atoms with Gasteiger partial charge in [-0.3, -0.25) is 20.6 Å². The molecule has 2 heterocycles. The highest BCUT2D eigenvalue weighted by molar-refractivity contribution is 7.80. The van der Waals surface area contributed by atoms with Crippen LogP contribution in [0.2, 0.25) is 0 Å². The summed E-state index contributed by atoms with van der Waals surface area (Å²) in [5.41, 5.74) is 6.86. The normalized spacial score (nSPS) is 14.0. The summed E-state index contributed by atoms with van der Waals surface area (Å²) in [4.78, 5) is 19.1. The lowest BCUT2D eigenvalue weighted by Gasteiger charge is -2.17. The van der Waals surface area contributed by atoms with Gasteiger partial charge in [-0.1, -0.05) is 25.6 Å². The Labute approximate surface area is 131 Å². The molecule has 0 aromatic carbocycles. The highest BCUT2D eigenvalue weighted by Gasteiger charge is 2.15. The van der Waals surface area contributed by atoms with Crippen molar-refractivity contribution in [2.75, 3.05) is 18.0 Å². The van der Waals surface area contributed by atoms with E-state index in [2.05, 4.69) is 27.7 Å². The van der Waals surface area contributed by atoms with E-state index >= 15 is 0 Å². The lowest BCUT2D eigenvalue weighted by atomic mass is 10.2. The standard InChI is InChI=1S/C15H22N4OS/c1-2-3-6-14(21)17-18-15(20)13-11-12(7-8-16-13)19-9-4-5-10-19/h7-8,11H,2-6,9-10H2,1H3,(H,17,21)(H,18,20). The van der Waals surface area contributed by atoms with Gasteiger partial charge in [0.25, 0.3) is 5.91 Å². The molecule has 0 radical (unpaired) electrons. The minimum absolute atomic E-state index is 0.255. The molecule has 2 N–H and O–H groups in total. The van der Waals surface area contributed by atoms with E-state index in [1.54, 1.807) is 6.20 Å². The topological polar surface area (TPSA) is 57.3 Å². The van der Waals surface area contributed by atoms with Crippen LogP contribution in [0.4, 0.5) is 5.69 Å². The predicted molar refractivity (Wildman–Crippen MR) is 88.4 cm³/mol. The van der Waals surface area contributed by atoms with Gasteiger partial charge < -0.3 is 4.90 Å². The summed E-state index contributed by atoms with van der Waals surface area (Å²) in [7, 11) is 0. The summed E-state index contributed by atoms with van der Waals surface area (Å²) in [6, 6.07) is 3.78. The molecule has 1 aliphatic heterocycles. The summed E-state index contributed by atoms with van der Waals surface area (Å²) in [6.45, 7) is 4.20. The SMILES string of the molecule is CCCCC(=S)NNC(=O)c1cc(N2CCCC2)ccn1. The van der Waals surface area contributed by atoms with Gasteiger partial charge in [0.15, 0.2) is 0 Å². The van der Waals surface area contributed by atoms with E-state index in [4.69, 9.17) is 12.2 Å². The minimum atomic E-state index is -0.255. The molecule has 6 heteroatoms. The zero-order chi connectivity index (χ0) is 15.1. The Hall–Kier alpha value is -1.69. The largest absolute Gasteiger partial charge is 0.371 e. The van der Waals surface area contributed by atoms with Gasteiger partial charge in [0.2, 0.25) is 0 Å². The molecule has 2 rings (SSSR count). The molecule has 114 valence electrons. The van der Waals surface area contributed by atoms with Gasteiger partial charge in [0, 0.05) is 25.0 Å². The molecule has 1 aromatic rings. The van der Waals surface area contributed by atoms with E-state index < -0.39 is 0 Å². The highest BCUT2D eigenvalue weighted by Crippen LogP contribution is 2.19. The first-order chi connectivity index (χ1) is 10.2. The van der Waals surface area contributed by atoms with Crippen LogP contribution in [0.1, 0.15) is 49.5 Å². The second kappa shape index (κ2) is 7.93. The van der Waals surface area contributed by atoms with Crippen molar-refractivity contribution in [2.24, 2.45) is 0 Å². The average Bonchev–Trinajstić information content (AvgIpc) is 3.05. The lowest BCUT2D eigenvalue weighted by Crippen LogP contribution is -2.41. The number of carbonyl (C=O) groups is 1. The Morgan fingerprint density at radius 1 is 1.38 bits per heavy atom. The van der Waals surface area contributed by atoms with E-state index in [-0.39, 0.29) is 5.91 Å². The van der Waals surface area contributed by atoms with E-state index in [0.717, 1.165) is 38.0 Å². The van der Waals surface area contributed by atoms with Crippen LogP contribution in [0.5, 0.6) is 0 Å². The quantitative estimate of drug-likeness (QED) is 0.646. The van der Waals surface area contributed by atoms with Crippen molar-refractivity contribution in [1.29, 1.82) is 0 Å². The Morgan fingerprint density at radius 2 is 2.14 bits per heavy atom. The molecule has 1 amide bonds. The van der Waals surface area contributed by atoms with Crippen molar-refractivity contribution >= 4 is 28.8 Å². The monoisotopic (exact) mass is 306 g/mol. The fourth-order valence-corrected chi connectivity index (χ4v) is 2.50. The fourth-order valence-electron chi connectivity index (χ4n) is 2.31. The molecule has 5 nitrogen and oxygen atoms in total. The van der Waals surface area contributed by atoms with Crippen LogP contribution in [-0.2, 0) is 0 Å². The van der Waals surface area contributed by atoms with Gasteiger partial charge in [0.1, 0.15) is 5.69 Å². The Bertz CT molecular complexity index is 500. The van der Waals surface area contributed by atoms with Crippen molar-refractivity contribution in [3.63, 3.8) is 0 Å². The summed E-state index contributed by atoms with van der Waals surface area (Å²) in [6.07, 6.45) is 6.97. The molecule has 21 heavy (non-hydrogen) atoms. The maximum absolute atomic E-state index is 12.1. The molecule has 1 aromatic heterocycles. The zero-order valence-corrected chi connectivity index (χ0v) is 13.2. The van der Waals surface area contributed by atoms with Crippen molar-refractivity contribution in [1.82, 2.24) is 15.8 Å². The summed E-state index contributed by atoms with van der Waals surface area (Å²) >= 11 is 5.15. The Kier molecular flexibility index (Phi) is 5.92. The second-order valence-corrected chi connectivity index (χ2v) is 5.69. The third-order valence-corrected chi connectivity index (χ3v) is 3.83. The summed E-state index contributed by atoms with van der Waals surface area (Å²) < 4.78 is 0. The minimum Gasteiger partial charge on any atom is -0.371 e. The van der Waals surface area contributed by atoms with E-state index in [0.29, 0.717) is 10.7 Å². The van der Waals surface area contributed by atoms with Crippen LogP contribution in [0.3, 0.4) is 0 Å². The zero-order valence-electron chi connectivity index (χ0n) is 12.4. The first-order valence-corrected chi connectivity index (χ1v) is 7.91. The molecule has 1 saturated heterocycles. The van der Waals surface area contributed by atoms with Crippen LogP contribution in [0.25, 0.3) is 0 Å². The van der Waals surface area contributed by atoms with Crippen LogP contribution >= 0.6 is 12.2 Å². The molecule has 0 unspecified atom stereocenters. The number of nitrogens with zero attached hydrogens (tertiary/aromatic N) is 2. The van der Waals surface area contributed by atoms with E-state index in [1.807, 2.05) is 12.1 Å². The third-order valence-electron chi connectivity index (χ3n) is 3.52. The highest BCUT2D eigenvalue weighted by atomic mass is 32.1. The number of anilines is 1. The number of hydrogen-bond acceptors (Lipinski definition) is 4. The number of pyridine rings is 1. The number of hydrogen-bond donors (Lipinski definition) is 2. The predicted octanol–water partition coefficient (Wildman–Crippen LogP) is 2.43. The molecular weight excluding hydrogens is 284 g/mol. The second-order valence-electron chi connectivity index (χ2n) is 5.20. The maximum atomic E-state index is 12.1. The number of hydrazine groups is 1. The molecule has 0 aliphatic carbocycles. The van der Waals surface area contributed by atoms with Gasteiger partial charge >= 0.3 is 0 Å². The number of rotatable bonds is 5. The third kappa shape index (κ3) is 4.67. The van der Waals surface area contributed by atoms with Crippen molar-refractivity contribution in [3.05, 3.63) is 24.0 Å². The first kappa shape index (κ1) is 15.7. The van der Waals surface area contributed by atoms with Crippen LogP contribution in [-0.4, -0.2) is 29.0 Å². The molecule has 1 fully saturated rings. The Balaban J connectivity index is 1.90. The van der Waals surface area contributed by atoms with Crippen LogP contribution < -0.4 is 15.8 Å². The Morgan fingerprint density at radius 3 is 2.86 bits per heavy atom. The van der Waals surface area contributed by atoms with Crippen LogP contribution in [0, 0.1) is 0 Å².